The minimum atomic E-state index is -5.02. The molecule has 0 atom stereocenters. The minimum absolute atomic E-state index is 0.0247. The molecule has 2 N–H and O–H groups in total. The van der Waals surface area contributed by atoms with Gasteiger partial charge in [-0.2, -0.15) is 31.4 Å². The number of hydrogen-bond acceptors (Lipinski definition) is 6. The number of nitrogens with zero attached hydrogens (tertiary/aromatic N) is 3. The van der Waals surface area contributed by atoms with Gasteiger partial charge in [-0.15, -0.1) is 10.2 Å². The van der Waals surface area contributed by atoms with Gasteiger partial charge in [0.1, 0.15) is 0 Å². The average Bonchev–Trinajstić information content (AvgIpc) is 3.37. The lowest BCUT2D eigenvalue weighted by Gasteiger charge is -2.14. The van der Waals surface area contributed by atoms with E-state index < -0.39 is 40.8 Å². The van der Waals surface area contributed by atoms with E-state index in [1.165, 1.54) is 0 Å². The van der Waals surface area contributed by atoms with Crippen LogP contribution in [0.25, 0.3) is 22.5 Å². The number of amides is 1. The highest BCUT2D eigenvalue weighted by Crippen LogP contribution is 2.37. The van der Waals surface area contributed by atoms with E-state index in [1.807, 2.05) is 5.32 Å². The van der Waals surface area contributed by atoms with Crippen LogP contribution in [0.2, 0.25) is 0 Å². The van der Waals surface area contributed by atoms with Crippen LogP contribution < -0.4 is 5.32 Å². The maximum atomic E-state index is 12.9. The van der Waals surface area contributed by atoms with Crippen molar-refractivity contribution in [3.05, 3.63) is 53.6 Å². The lowest BCUT2D eigenvalue weighted by Crippen LogP contribution is -2.17. The maximum absolute atomic E-state index is 12.9. The lowest BCUT2D eigenvalue weighted by atomic mass is 10.1. The topological polar surface area (TPSA) is 96.7 Å². The van der Waals surface area contributed by atoms with Gasteiger partial charge in [0, 0.05) is 11.1 Å². The second-order valence-electron chi connectivity index (χ2n) is 6.62. The van der Waals surface area contributed by atoms with E-state index in [0.29, 0.717) is 17.8 Å². The molecular formula is C19H11F6N5O2S. The summed E-state index contributed by atoms with van der Waals surface area (Å²) >= 11 is 0.756. The molecule has 0 fully saturated rings. The van der Waals surface area contributed by atoms with Crippen molar-refractivity contribution in [1.82, 2.24) is 20.4 Å². The number of nitrogens with one attached hydrogen (secondary N) is 2. The number of anilines is 1. The predicted octanol–water partition coefficient (Wildman–Crippen LogP) is 5.38. The Morgan fingerprint density at radius 3 is 2.33 bits per heavy atom. The first-order valence-corrected chi connectivity index (χ1v) is 9.98. The third-order valence-electron chi connectivity index (χ3n) is 4.28. The molecule has 4 rings (SSSR count). The molecule has 0 spiro atoms. The van der Waals surface area contributed by atoms with Crippen molar-refractivity contribution in [2.45, 2.75) is 17.6 Å². The predicted molar refractivity (Wildman–Crippen MR) is 105 cm³/mol. The summed E-state index contributed by atoms with van der Waals surface area (Å²) < 4.78 is 83.1. The minimum Gasteiger partial charge on any atom is -0.409 e. The van der Waals surface area contributed by atoms with Crippen LogP contribution in [0.1, 0.15) is 11.1 Å². The molecule has 172 valence electrons. The molecule has 0 bridgehead atoms. The molecule has 4 aromatic rings. The summed E-state index contributed by atoms with van der Waals surface area (Å²) in [6.45, 7) is 0. The molecular weight excluding hydrogens is 476 g/mol. The number of fused-ring (bicyclic) bond motifs is 1. The van der Waals surface area contributed by atoms with Crippen LogP contribution in [0.5, 0.6) is 0 Å². The van der Waals surface area contributed by atoms with E-state index in [0.717, 1.165) is 22.7 Å². The molecule has 7 nitrogen and oxygen atoms in total. The Bertz CT molecular complexity index is 1280. The summed E-state index contributed by atoms with van der Waals surface area (Å²) in [7, 11) is 0. The molecule has 0 radical (unpaired) electrons. The SMILES string of the molecule is O=C(CSc1nnc(-c2n[nH]c3ccccc23)o1)Nc1cc(C(F)(F)F)cc(C(F)(F)F)c1. The van der Waals surface area contributed by atoms with Crippen LogP contribution >= 0.6 is 11.8 Å². The Morgan fingerprint density at radius 2 is 1.67 bits per heavy atom. The second-order valence-corrected chi connectivity index (χ2v) is 7.55. The van der Waals surface area contributed by atoms with Crippen molar-refractivity contribution in [2.75, 3.05) is 11.1 Å². The van der Waals surface area contributed by atoms with Gasteiger partial charge in [-0.05, 0) is 24.3 Å². The van der Waals surface area contributed by atoms with Crippen LogP contribution in [-0.4, -0.2) is 32.1 Å². The number of hydrogen-bond donors (Lipinski definition) is 2. The zero-order valence-corrected chi connectivity index (χ0v) is 16.9. The van der Waals surface area contributed by atoms with Crippen LogP contribution in [0.4, 0.5) is 32.0 Å². The molecule has 33 heavy (non-hydrogen) atoms. The quantitative estimate of drug-likeness (QED) is 0.290. The molecule has 0 aliphatic heterocycles. The van der Waals surface area contributed by atoms with E-state index in [4.69, 9.17) is 4.42 Å². The van der Waals surface area contributed by atoms with E-state index in [2.05, 4.69) is 20.4 Å². The van der Waals surface area contributed by atoms with Gasteiger partial charge in [-0.3, -0.25) is 9.89 Å². The molecule has 1 amide bonds. The maximum Gasteiger partial charge on any atom is 0.416 e. The first kappa shape index (κ1) is 22.6. The first-order chi connectivity index (χ1) is 15.5. The molecule has 0 saturated carbocycles. The van der Waals surface area contributed by atoms with Gasteiger partial charge < -0.3 is 9.73 Å². The van der Waals surface area contributed by atoms with Gasteiger partial charge in [0.2, 0.25) is 5.91 Å². The normalized spacial score (nSPS) is 12.3. The van der Waals surface area contributed by atoms with Gasteiger partial charge in [-0.25, -0.2) is 0 Å². The van der Waals surface area contributed by atoms with Crippen molar-refractivity contribution in [3.8, 4) is 11.6 Å². The van der Waals surface area contributed by atoms with Gasteiger partial charge in [0.05, 0.1) is 22.4 Å². The molecule has 2 aromatic heterocycles. The van der Waals surface area contributed by atoms with Crippen molar-refractivity contribution in [3.63, 3.8) is 0 Å². The number of carbonyl (C=O) groups excluding carboxylic acids is 1. The van der Waals surface area contributed by atoms with E-state index in [1.54, 1.807) is 24.3 Å². The van der Waals surface area contributed by atoms with E-state index in [9.17, 15) is 31.1 Å². The van der Waals surface area contributed by atoms with Crippen molar-refractivity contribution < 1.29 is 35.6 Å². The monoisotopic (exact) mass is 487 g/mol. The molecule has 0 unspecified atom stereocenters. The van der Waals surface area contributed by atoms with Gasteiger partial charge >= 0.3 is 12.4 Å². The van der Waals surface area contributed by atoms with Crippen LogP contribution in [0.3, 0.4) is 0 Å². The highest BCUT2D eigenvalue weighted by atomic mass is 32.2. The van der Waals surface area contributed by atoms with Gasteiger partial charge in [-0.1, -0.05) is 30.0 Å². The number of aromatic nitrogens is 4. The highest BCUT2D eigenvalue weighted by Gasteiger charge is 2.37. The standard InChI is InChI=1S/C19H11F6N5O2S/c20-18(21,22)9-5-10(19(23,24)25)7-11(6-9)26-14(31)8-33-17-30-29-16(32-17)15-12-3-1-2-4-13(12)27-28-15/h1-7H,8H2,(H,26,31)(H,27,28). The number of H-pyrrole nitrogens is 1. The molecule has 0 saturated heterocycles. The first-order valence-electron chi connectivity index (χ1n) is 9.00. The number of alkyl halides is 6. The van der Waals surface area contributed by atoms with Crippen LogP contribution in [0.15, 0.2) is 52.1 Å². The number of rotatable bonds is 5. The molecule has 14 heteroatoms. The zero-order chi connectivity index (χ0) is 23.8. The number of carbonyl (C=O) groups is 1. The summed E-state index contributed by atoms with van der Waals surface area (Å²) in [5, 5.41) is 17.2. The average molecular weight is 487 g/mol. The van der Waals surface area contributed by atoms with E-state index >= 15 is 0 Å². The number of halogens is 6. The van der Waals surface area contributed by atoms with E-state index in [-0.39, 0.29) is 17.2 Å². The molecule has 0 aliphatic rings. The highest BCUT2D eigenvalue weighted by molar-refractivity contribution is 7.99. The second kappa shape index (κ2) is 8.42. The summed E-state index contributed by atoms with van der Waals surface area (Å²) in [4.78, 5) is 12.1. The van der Waals surface area contributed by atoms with Gasteiger partial charge in [0.25, 0.3) is 11.1 Å². The molecule has 2 heterocycles. The van der Waals surface area contributed by atoms with Crippen molar-refractivity contribution in [1.29, 1.82) is 0 Å². The summed E-state index contributed by atoms with van der Waals surface area (Å²) in [5.41, 5.74) is -2.59. The Hall–Kier alpha value is -3.55. The number of thioether (sulfide) groups is 1. The Morgan fingerprint density at radius 1 is 1.00 bits per heavy atom. The zero-order valence-electron chi connectivity index (χ0n) is 16.1. The summed E-state index contributed by atoms with van der Waals surface area (Å²) in [6, 6.07) is 7.98. The van der Waals surface area contributed by atoms with Crippen LogP contribution in [-0.2, 0) is 17.1 Å². The number of benzene rings is 2. The smallest absolute Gasteiger partial charge is 0.409 e. The Balaban J connectivity index is 1.45. The Labute approximate surface area is 184 Å². The molecule has 0 aliphatic carbocycles. The van der Waals surface area contributed by atoms with Crippen molar-refractivity contribution >= 4 is 34.3 Å². The fourth-order valence-electron chi connectivity index (χ4n) is 2.84. The van der Waals surface area contributed by atoms with Crippen LogP contribution in [0, 0.1) is 0 Å². The lowest BCUT2D eigenvalue weighted by molar-refractivity contribution is -0.143. The summed E-state index contributed by atoms with van der Waals surface area (Å²) in [5.74, 6) is -1.19. The Kier molecular flexibility index (Phi) is 5.78. The van der Waals surface area contributed by atoms with Gasteiger partial charge in [0.15, 0.2) is 5.69 Å². The third kappa shape index (κ3) is 5.10. The number of para-hydroxylation sites is 1. The fourth-order valence-corrected chi connectivity index (χ4v) is 3.40. The largest absolute Gasteiger partial charge is 0.416 e. The summed E-state index contributed by atoms with van der Waals surface area (Å²) in [6.07, 6.45) is -10.0. The third-order valence-corrected chi connectivity index (χ3v) is 5.10. The fraction of sp³-hybridized carbons (Fsp3) is 0.158. The molecule has 2 aromatic carbocycles. The van der Waals surface area contributed by atoms with Crippen molar-refractivity contribution in [2.24, 2.45) is 0 Å². The number of aromatic amines is 1.